The van der Waals surface area contributed by atoms with Crippen molar-refractivity contribution in [2.45, 2.75) is 45.6 Å². The standard InChI is InChI=1S/C22H27N3O5/c1-15-10-21(2,3)14-22(11-15)19(27)25(20(28)24-22)13-18(26)30-9-8-29-17-6-4-16(12-23)5-7-17/h4-7,15H,8-11,13-14H2,1-3H3,(H,24,28). The zero-order valence-corrected chi connectivity index (χ0v) is 17.6. The molecule has 3 rings (SSSR count). The zero-order valence-electron chi connectivity index (χ0n) is 17.6. The van der Waals surface area contributed by atoms with E-state index in [-0.39, 0.29) is 24.5 Å². The molecule has 1 aliphatic carbocycles. The summed E-state index contributed by atoms with van der Waals surface area (Å²) in [5.74, 6) is -0.167. The first-order valence-electron chi connectivity index (χ1n) is 10.1. The molecule has 160 valence electrons. The molecule has 1 aliphatic heterocycles. The molecule has 2 unspecified atom stereocenters. The summed E-state index contributed by atoms with van der Waals surface area (Å²) in [5, 5.41) is 11.6. The van der Waals surface area contributed by atoms with Crippen molar-refractivity contribution in [3.8, 4) is 11.8 Å². The van der Waals surface area contributed by atoms with Gasteiger partial charge in [0, 0.05) is 0 Å². The van der Waals surface area contributed by atoms with Crippen LogP contribution < -0.4 is 10.1 Å². The van der Waals surface area contributed by atoms with E-state index in [4.69, 9.17) is 14.7 Å². The molecule has 3 amide bonds. The highest BCUT2D eigenvalue weighted by atomic mass is 16.6. The molecule has 0 aromatic heterocycles. The van der Waals surface area contributed by atoms with Crippen molar-refractivity contribution in [2.75, 3.05) is 19.8 Å². The monoisotopic (exact) mass is 413 g/mol. The van der Waals surface area contributed by atoms with E-state index in [1.54, 1.807) is 24.3 Å². The van der Waals surface area contributed by atoms with Gasteiger partial charge in [-0.25, -0.2) is 4.79 Å². The Bertz CT molecular complexity index is 874. The van der Waals surface area contributed by atoms with Gasteiger partial charge in [-0.05, 0) is 54.9 Å². The van der Waals surface area contributed by atoms with Crippen molar-refractivity contribution in [3.63, 3.8) is 0 Å². The molecule has 0 bridgehead atoms. The van der Waals surface area contributed by atoms with Crippen molar-refractivity contribution in [3.05, 3.63) is 29.8 Å². The van der Waals surface area contributed by atoms with Gasteiger partial charge in [-0.2, -0.15) is 5.26 Å². The lowest BCUT2D eigenvalue weighted by Gasteiger charge is -2.43. The fraction of sp³-hybridized carbons (Fsp3) is 0.545. The van der Waals surface area contributed by atoms with Gasteiger partial charge in [0.1, 0.15) is 31.0 Å². The number of urea groups is 1. The Hall–Kier alpha value is -3.08. The number of carbonyl (C=O) groups is 3. The van der Waals surface area contributed by atoms with E-state index in [1.165, 1.54) is 0 Å². The minimum absolute atomic E-state index is 0.0162. The van der Waals surface area contributed by atoms with Crippen LogP contribution in [-0.2, 0) is 14.3 Å². The fourth-order valence-corrected chi connectivity index (χ4v) is 4.77. The van der Waals surface area contributed by atoms with E-state index in [2.05, 4.69) is 26.1 Å². The molecular formula is C22H27N3O5. The highest BCUT2D eigenvalue weighted by Gasteiger charge is 2.56. The molecule has 1 aromatic carbocycles. The molecular weight excluding hydrogens is 386 g/mol. The number of ether oxygens (including phenoxy) is 2. The molecule has 2 aliphatic rings. The van der Waals surface area contributed by atoms with Crippen LogP contribution >= 0.6 is 0 Å². The Labute approximate surface area is 176 Å². The van der Waals surface area contributed by atoms with Crippen LogP contribution in [0.1, 0.15) is 45.6 Å². The van der Waals surface area contributed by atoms with Crippen molar-refractivity contribution < 1.29 is 23.9 Å². The highest BCUT2D eigenvalue weighted by molar-refractivity contribution is 6.08. The summed E-state index contributed by atoms with van der Waals surface area (Å²) in [6.45, 7) is 5.94. The predicted octanol–water partition coefficient (Wildman–Crippen LogP) is 2.62. The number of hydrogen-bond acceptors (Lipinski definition) is 6. The summed E-state index contributed by atoms with van der Waals surface area (Å²) in [6.07, 6.45) is 2.11. The molecule has 1 spiro atoms. The molecule has 1 aromatic rings. The first kappa shape index (κ1) is 21.6. The van der Waals surface area contributed by atoms with Crippen LogP contribution in [0.5, 0.6) is 5.75 Å². The van der Waals surface area contributed by atoms with Crippen molar-refractivity contribution in [1.82, 2.24) is 10.2 Å². The molecule has 1 saturated heterocycles. The Morgan fingerprint density at radius 3 is 2.57 bits per heavy atom. The van der Waals surface area contributed by atoms with E-state index < -0.39 is 24.1 Å². The number of amides is 3. The summed E-state index contributed by atoms with van der Waals surface area (Å²) in [7, 11) is 0. The molecule has 0 radical (unpaired) electrons. The van der Waals surface area contributed by atoms with E-state index in [9.17, 15) is 14.4 Å². The van der Waals surface area contributed by atoms with E-state index >= 15 is 0 Å². The summed E-state index contributed by atoms with van der Waals surface area (Å²) >= 11 is 0. The lowest BCUT2D eigenvalue weighted by Crippen LogP contribution is -2.54. The molecule has 1 heterocycles. The molecule has 1 N–H and O–H groups in total. The Morgan fingerprint density at radius 1 is 1.23 bits per heavy atom. The number of nitriles is 1. The van der Waals surface area contributed by atoms with Gasteiger partial charge >= 0.3 is 12.0 Å². The molecule has 30 heavy (non-hydrogen) atoms. The van der Waals surface area contributed by atoms with Crippen LogP contribution in [0.15, 0.2) is 24.3 Å². The number of hydrogen-bond donors (Lipinski definition) is 1. The number of imide groups is 1. The second-order valence-electron chi connectivity index (χ2n) is 8.96. The second kappa shape index (κ2) is 8.34. The number of nitrogens with one attached hydrogen (secondary N) is 1. The summed E-state index contributed by atoms with van der Waals surface area (Å²) < 4.78 is 10.6. The van der Waals surface area contributed by atoms with Crippen LogP contribution in [0, 0.1) is 22.7 Å². The quantitative estimate of drug-likeness (QED) is 0.436. The maximum absolute atomic E-state index is 13.0. The maximum atomic E-state index is 13.0. The number of benzene rings is 1. The van der Waals surface area contributed by atoms with Crippen LogP contribution in [0.2, 0.25) is 0 Å². The second-order valence-corrected chi connectivity index (χ2v) is 8.96. The lowest BCUT2D eigenvalue weighted by molar-refractivity contribution is -0.149. The third-order valence-electron chi connectivity index (χ3n) is 5.51. The minimum atomic E-state index is -0.933. The first-order chi connectivity index (χ1) is 14.1. The van der Waals surface area contributed by atoms with E-state index in [0.717, 1.165) is 11.3 Å². The van der Waals surface area contributed by atoms with Crippen molar-refractivity contribution in [1.29, 1.82) is 5.26 Å². The smallest absolute Gasteiger partial charge is 0.326 e. The average molecular weight is 413 g/mol. The number of carbonyl (C=O) groups excluding carboxylic acids is 3. The van der Waals surface area contributed by atoms with Gasteiger partial charge in [-0.3, -0.25) is 14.5 Å². The van der Waals surface area contributed by atoms with Crippen LogP contribution in [0.25, 0.3) is 0 Å². The Morgan fingerprint density at radius 2 is 1.93 bits per heavy atom. The fourth-order valence-electron chi connectivity index (χ4n) is 4.77. The summed E-state index contributed by atoms with van der Waals surface area (Å²) in [4.78, 5) is 38.5. The average Bonchev–Trinajstić information content (AvgIpc) is 2.87. The van der Waals surface area contributed by atoms with E-state index in [1.807, 2.05) is 6.07 Å². The molecule has 1 saturated carbocycles. The number of nitrogens with zero attached hydrogens (tertiary/aromatic N) is 2. The van der Waals surface area contributed by atoms with Gasteiger partial charge in [0.15, 0.2) is 0 Å². The predicted molar refractivity (Wildman–Crippen MR) is 107 cm³/mol. The van der Waals surface area contributed by atoms with E-state index in [0.29, 0.717) is 30.1 Å². The lowest BCUT2D eigenvalue weighted by atomic mass is 9.64. The first-order valence-corrected chi connectivity index (χ1v) is 10.1. The van der Waals surface area contributed by atoms with Gasteiger partial charge in [0.25, 0.3) is 5.91 Å². The molecule has 2 atom stereocenters. The van der Waals surface area contributed by atoms with Crippen LogP contribution in [0.3, 0.4) is 0 Å². The summed E-state index contributed by atoms with van der Waals surface area (Å²) in [6, 6.07) is 8.03. The molecule has 2 fully saturated rings. The highest BCUT2D eigenvalue weighted by Crippen LogP contribution is 2.46. The third-order valence-corrected chi connectivity index (χ3v) is 5.51. The minimum Gasteiger partial charge on any atom is -0.490 e. The third kappa shape index (κ3) is 4.73. The van der Waals surface area contributed by atoms with Crippen molar-refractivity contribution >= 4 is 17.9 Å². The molecule has 8 nitrogen and oxygen atoms in total. The van der Waals surface area contributed by atoms with Gasteiger partial charge < -0.3 is 14.8 Å². The van der Waals surface area contributed by atoms with Gasteiger partial charge in [0.05, 0.1) is 11.6 Å². The maximum Gasteiger partial charge on any atom is 0.326 e. The Kier molecular flexibility index (Phi) is 6.01. The topological polar surface area (TPSA) is 109 Å². The SMILES string of the molecule is CC1CC(C)(C)CC2(C1)NC(=O)N(CC(=O)OCCOc1ccc(C#N)cc1)C2=O. The zero-order chi connectivity index (χ0) is 21.9. The van der Waals surface area contributed by atoms with Crippen LogP contribution in [-0.4, -0.2) is 48.1 Å². The largest absolute Gasteiger partial charge is 0.490 e. The van der Waals surface area contributed by atoms with Gasteiger partial charge in [0.2, 0.25) is 0 Å². The van der Waals surface area contributed by atoms with Crippen molar-refractivity contribution in [2.24, 2.45) is 11.3 Å². The molecule has 8 heteroatoms. The Balaban J connectivity index is 1.49. The van der Waals surface area contributed by atoms with Crippen LogP contribution in [0.4, 0.5) is 4.79 Å². The van der Waals surface area contributed by atoms with Gasteiger partial charge in [-0.15, -0.1) is 0 Å². The number of esters is 1. The summed E-state index contributed by atoms with van der Waals surface area (Å²) in [5.41, 5.74) is -0.479. The number of rotatable bonds is 6. The van der Waals surface area contributed by atoms with Gasteiger partial charge in [-0.1, -0.05) is 20.8 Å². The normalized spacial score (nSPS) is 25.0.